The van der Waals surface area contributed by atoms with Crippen LogP contribution in [0.2, 0.25) is 5.02 Å². The second kappa shape index (κ2) is 6.03. The molecule has 0 unspecified atom stereocenters. The lowest BCUT2D eigenvalue weighted by Crippen LogP contribution is -2.13. The zero-order chi connectivity index (χ0) is 15.5. The van der Waals surface area contributed by atoms with Gasteiger partial charge in [0, 0.05) is 16.6 Å². The van der Waals surface area contributed by atoms with E-state index in [1.807, 2.05) is 12.1 Å². The minimum absolute atomic E-state index is 0.245. The highest BCUT2D eigenvalue weighted by Crippen LogP contribution is 2.26. The van der Waals surface area contributed by atoms with Crippen molar-refractivity contribution in [3.8, 4) is 5.75 Å². The van der Waals surface area contributed by atoms with Crippen molar-refractivity contribution < 1.29 is 9.53 Å². The first-order valence-corrected chi connectivity index (χ1v) is 7.05. The Kier molecular flexibility index (Phi) is 3.94. The van der Waals surface area contributed by atoms with Gasteiger partial charge in [-0.1, -0.05) is 23.7 Å². The number of ether oxygens (including phenoxy) is 1. The molecule has 5 heteroatoms. The Morgan fingerprint density at radius 1 is 1.18 bits per heavy atom. The summed E-state index contributed by atoms with van der Waals surface area (Å²) in [5, 5.41) is 4.27. The van der Waals surface area contributed by atoms with Crippen molar-refractivity contribution >= 4 is 34.1 Å². The topological polar surface area (TPSA) is 51.2 Å². The Morgan fingerprint density at radius 2 is 2.00 bits per heavy atom. The van der Waals surface area contributed by atoms with Crippen molar-refractivity contribution in [2.45, 2.75) is 0 Å². The third kappa shape index (κ3) is 2.73. The molecule has 0 radical (unpaired) electrons. The molecule has 0 bridgehead atoms. The molecule has 1 aromatic heterocycles. The Hall–Kier alpha value is -2.59. The van der Waals surface area contributed by atoms with E-state index in [0.29, 0.717) is 22.0 Å². The molecule has 0 saturated carbocycles. The number of para-hydroxylation sites is 1. The fraction of sp³-hybridized carbons (Fsp3) is 0.0588. The van der Waals surface area contributed by atoms with Gasteiger partial charge in [0.15, 0.2) is 0 Å². The summed E-state index contributed by atoms with van der Waals surface area (Å²) in [6.07, 6.45) is 1.65. The number of hydrogen-bond donors (Lipinski definition) is 1. The Bertz CT molecular complexity index is 849. The van der Waals surface area contributed by atoms with Crippen LogP contribution >= 0.6 is 11.6 Å². The molecule has 0 aliphatic carbocycles. The van der Waals surface area contributed by atoms with E-state index in [4.69, 9.17) is 16.3 Å². The summed E-state index contributed by atoms with van der Waals surface area (Å²) in [6, 6.07) is 14.2. The largest absolute Gasteiger partial charge is 0.496 e. The number of halogens is 1. The maximum atomic E-state index is 12.5. The fourth-order valence-corrected chi connectivity index (χ4v) is 2.42. The average molecular weight is 313 g/mol. The van der Waals surface area contributed by atoms with Crippen molar-refractivity contribution in [2.24, 2.45) is 0 Å². The Labute approximate surface area is 132 Å². The number of nitrogens with zero attached hydrogens (tertiary/aromatic N) is 1. The highest BCUT2D eigenvalue weighted by atomic mass is 35.5. The number of aromatic nitrogens is 1. The monoisotopic (exact) mass is 312 g/mol. The van der Waals surface area contributed by atoms with Crippen molar-refractivity contribution in [3.05, 3.63) is 65.3 Å². The number of methoxy groups -OCH3 is 1. The molecular weight excluding hydrogens is 300 g/mol. The number of anilines is 1. The van der Waals surface area contributed by atoms with E-state index in [9.17, 15) is 4.79 Å². The van der Waals surface area contributed by atoms with Crippen LogP contribution in [0.15, 0.2) is 54.7 Å². The van der Waals surface area contributed by atoms with E-state index in [1.54, 1.807) is 42.6 Å². The molecular formula is C17H13ClN2O2. The summed E-state index contributed by atoms with van der Waals surface area (Å²) in [5.41, 5.74) is 1.89. The van der Waals surface area contributed by atoms with Gasteiger partial charge in [0.05, 0.1) is 23.9 Å². The lowest BCUT2D eigenvalue weighted by molar-refractivity contribution is 0.102. The maximum Gasteiger partial charge on any atom is 0.259 e. The minimum atomic E-state index is -0.245. The molecule has 0 fully saturated rings. The van der Waals surface area contributed by atoms with E-state index in [2.05, 4.69) is 10.3 Å². The van der Waals surface area contributed by atoms with Crippen LogP contribution in [-0.2, 0) is 0 Å². The van der Waals surface area contributed by atoms with E-state index >= 15 is 0 Å². The number of rotatable bonds is 3. The van der Waals surface area contributed by atoms with Gasteiger partial charge in [-0.3, -0.25) is 9.78 Å². The first-order chi connectivity index (χ1) is 10.7. The van der Waals surface area contributed by atoms with Crippen LogP contribution in [0.4, 0.5) is 5.69 Å². The van der Waals surface area contributed by atoms with Gasteiger partial charge in [-0.05, 0) is 36.4 Å². The maximum absolute atomic E-state index is 12.5. The number of benzene rings is 2. The van der Waals surface area contributed by atoms with Gasteiger partial charge in [-0.2, -0.15) is 0 Å². The van der Waals surface area contributed by atoms with Gasteiger partial charge in [0.2, 0.25) is 0 Å². The molecule has 1 N–H and O–H groups in total. The van der Waals surface area contributed by atoms with Gasteiger partial charge in [0.1, 0.15) is 5.75 Å². The average Bonchev–Trinajstić information content (AvgIpc) is 2.55. The number of carbonyl (C=O) groups is 1. The molecule has 0 aliphatic rings. The molecule has 3 rings (SSSR count). The fourth-order valence-electron chi connectivity index (χ4n) is 2.25. The standard InChI is InChI=1S/C17H13ClN2O2/c1-22-16-5-3-2-4-12(16)17(21)20-15-8-9-19-14-7-6-11(18)10-13(14)15/h2-10H,1H3,(H,19,20,21). The SMILES string of the molecule is COc1ccccc1C(=O)Nc1ccnc2ccc(Cl)cc12. The summed E-state index contributed by atoms with van der Waals surface area (Å²) in [6.45, 7) is 0. The van der Waals surface area contributed by atoms with Gasteiger partial charge >= 0.3 is 0 Å². The molecule has 1 heterocycles. The molecule has 2 aromatic carbocycles. The first-order valence-electron chi connectivity index (χ1n) is 6.67. The summed E-state index contributed by atoms with van der Waals surface area (Å²) in [4.78, 5) is 16.7. The van der Waals surface area contributed by atoms with Crippen LogP contribution in [0.1, 0.15) is 10.4 Å². The Morgan fingerprint density at radius 3 is 2.82 bits per heavy atom. The predicted octanol–water partition coefficient (Wildman–Crippen LogP) is 4.15. The molecule has 3 aromatic rings. The zero-order valence-corrected chi connectivity index (χ0v) is 12.6. The molecule has 0 aliphatic heterocycles. The van der Waals surface area contributed by atoms with Gasteiger partial charge < -0.3 is 10.1 Å². The van der Waals surface area contributed by atoms with E-state index < -0.39 is 0 Å². The third-order valence-electron chi connectivity index (χ3n) is 3.30. The first kappa shape index (κ1) is 14.4. The second-order valence-electron chi connectivity index (χ2n) is 4.67. The van der Waals surface area contributed by atoms with E-state index in [-0.39, 0.29) is 5.91 Å². The van der Waals surface area contributed by atoms with Crippen LogP contribution in [0, 0.1) is 0 Å². The quantitative estimate of drug-likeness (QED) is 0.790. The predicted molar refractivity (Wildman–Crippen MR) is 87.7 cm³/mol. The van der Waals surface area contributed by atoms with Crippen LogP contribution in [0.5, 0.6) is 5.75 Å². The summed E-state index contributed by atoms with van der Waals surface area (Å²) < 4.78 is 5.22. The Balaban J connectivity index is 1.99. The summed E-state index contributed by atoms with van der Waals surface area (Å²) >= 11 is 6.03. The molecule has 110 valence electrons. The van der Waals surface area contributed by atoms with Gasteiger partial charge in [-0.25, -0.2) is 0 Å². The lowest BCUT2D eigenvalue weighted by Gasteiger charge is -2.11. The van der Waals surface area contributed by atoms with E-state index in [0.717, 1.165) is 10.9 Å². The molecule has 0 spiro atoms. The molecule has 0 saturated heterocycles. The normalized spacial score (nSPS) is 10.5. The molecule has 1 amide bonds. The van der Waals surface area contributed by atoms with Crippen LogP contribution < -0.4 is 10.1 Å². The van der Waals surface area contributed by atoms with Crippen LogP contribution in [-0.4, -0.2) is 18.0 Å². The number of amides is 1. The number of pyridine rings is 1. The summed E-state index contributed by atoms with van der Waals surface area (Å²) in [7, 11) is 1.54. The summed E-state index contributed by atoms with van der Waals surface area (Å²) in [5.74, 6) is 0.279. The van der Waals surface area contributed by atoms with Gasteiger partial charge in [0.25, 0.3) is 5.91 Å². The van der Waals surface area contributed by atoms with Crippen molar-refractivity contribution in [1.82, 2.24) is 4.98 Å². The minimum Gasteiger partial charge on any atom is -0.496 e. The highest BCUT2D eigenvalue weighted by molar-refractivity contribution is 6.31. The smallest absolute Gasteiger partial charge is 0.259 e. The number of carbonyl (C=O) groups excluding carboxylic acids is 1. The number of nitrogens with one attached hydrogen (secondary N) is 1. The van der Waals surface area contributed by atoms with Gasteiger partial charge in [-0.15, -0.1) is 0 Å². The van der Waals surface area contributed by atoms with Crippen molar-refractivity contribution in [2.75, 3.05) is 12.4 Å². The molecule has 0 atom stereocenters. The van der Waals surface area contributed by atoms with Crippen LogP contribution in [0.3, 0.4) is 0 Å². The second-order valence-corrected chi connectivity index (χ2v) is 5.11. The van der Waals surface area contributed by atoms with E-state index in [1.165, 1.54) is 7.11 Å². The zero-order valence-electron chi connectivity index (χ0n) is 11.8. The van der Waals surface area contributed by atoms with Crippen molar-refractivity contribution in [3.63, 3.8) is 0 Å². The molecule has 22 heavy (non-hydrogen) atoms. The highest BCUT2D eigenvalue weighted by Gasteiger charge is 2.13. The lowest BCUT2D eigenvalue weighted by atomic mass is 10.1. The number of hydrogen-bond acceptors (Lipinski definition) is 3. The van der Waals surface area contributed by atoms with Crippen molar-refractivity contribution in [1.29, 1.82) is 0 Å². The number of fused-ring (bicyclic) bond motifs is 1. The molecule has 4 nitrogen and oxygen atoms in total. The third-order valence-corrected chi connectivity index (χ3v) is 3.54. The van der Waals surface area contributed by atoms with Crippen LogP contribution in [0.25, 0.3) is 10.9 Å².